The van der Waals surface area contributed by atoms with Crippen LogP contribution in [0.2, 0.25) is 0 Å². The lowest BCUT2D eigenvalue weighted by atomic mass is 10.0. The molecule has 0 aliphatic carbocycles. The molecule has 8 nitrogen and oxygen atoms in total. The number of piperidine rings is 1. The van der Waals surface area contributed by atoms with Gasteiger partial charge in [0.2, 0.25) is 0 Å². The molecule has 1 aliphatic rings. The van der Waals surface area contributed by atoms with Gasteiger partial charge in [0.05, 0.1) is 32.0 Å². The van der Waals surface area contributed by atoms with E-state index in [0.717, 1.165) is 0 Å². The maximum Gasteiger partial charge on any atom is 0.338 e. The highest BCUT2D eigenvalue weighted by atomic mass is 19.1. The van der Waals surface area contributed by atoms with Gasteiger partial charge in [0.1, 0.15) is 11.4 Å². The van der Waals surface area contributed by atoms with Gasteiger partial charge < -0.3 is 19.5 Å². The molecule has 2 heterocycles. The van der Waals surface area contributed by atoms with Crippen LogP contribution in [0.5, 0.6) is 11.5 Å². The SMILES string of the molecule is COc1ccc(F)c(C(=O)N2CCC(n3cc(C(=O)O)cn3)CC2)c1OC. The van der Waals surface area contributed by atoms with E-state index in [0.29, 0.717) is 25.9 Å². The summed E-state index contributed by atoms with van der Waals surface area (Å²) in [5.74, 6) is -1.81. The molecule has 9 heteroatoms. The fourth-order valence-corrected chi connectivity index (χ4v) is 3.24. The second-order valence-electron chi connectivity index (χ2n) is 6.20. The highest BCUT2D eigenvalue weighted by Gasteiger charge is 2.30. The Bertz CT molecular complexity index is 859. The van der Waals surface area contributed by atoms with Crippen molar-refractivity contribution >= 4 is 11.9 Å². The molecular formula is C18H20FN3O5. The standard InChI is InChI=1S/C18H20FN3O5/c1-26-14-4-3-13(19)15(16(14)27-2)17(23)21-7-5-12(6-8-21)22-10-11(9-20-22)18(24)25/h3-4,9-10,12H,5-8H2,1-2H3,(H,24,25). The van der Waals surface area contributed by atoms with Crippen molar-refractivity contribution in [2.45, 2.75) is 18.9 Å². The monoisotopic (exact) mass is 377 g/mol. The number of hydrogen-bond donors (Lipinski definition) is 1. The number of hydrogen-bond acceptors (Lipinski definition) is 5. The molecule has 0 bridgehead atoms. The van der Waals surface area contributed by atoms with Gasteiger partial charge >= 0.3 is 5.97 Å². The molecule has 0 saturated carbocycles. The van der Waals surface area contributed by atoms with Crippen molar-refractivity contribution < 1.29 is 28.6 Å². The maximum absolute atomic E-state index is 14.3. The third-order valence-electron chi connectivity index (χ3n) is 4.68. The Labute approximate surface area is 155 Å². The van der Waals surface area contributed by atoms with Crippen LogP contribution in [0.1, 0.15) is 39.6 Å². The number of methoxy groups -OCH3 is 2. The molecule has 0 spiro atoms. The van der Waals surface area contributed by atoms with Crippen LogP contribution in [0.4, 0.5) is 4.39 Å². The summed E-state index contributed by atoms with van der Waals surface area (Å²) in [5, 5.41) is 13.1. The lowest BCUT2D eigenvalue weighted by Gasteiger charge is -2.32. The van der Waals surface area contributed by atoms with Crippen LogP contribution in [0, 0.1) is 5.82 Å². The zero-order valence-corrected chi connectivity index (χ0v) is 15.0. The summed E-state index contributed by atoms with van der Waals surface area (Å²) >= 11 is 0. The fraction of sp³-hybridized carbons (Fsp3) is 0.389. The summed E-state index contributed by atoms with van der Waals surface area (Å²) in [7, 11) is 2.78. The number of amides is 1. The van der Waals surface area contributed by atoms with Crippen LogP contribution in [-0.2, 0) is 0 Å². The van der Waals surface area contributed by atoms with Gasteiger partial charge in [0, 0.05) is 19.3 Å². The Morgan fingerprint density at radius 1 is 1.22 bits per heavy atom. The highest BCUT2D eigenvalue weighted by Crippen LogP contribution is 2.34. The molecule has 2 aromatic rings. The van der Waals surface area contributed by atoms with Crippen molar-refractivity contribution in [3.63, 3.8) is 0 Å². The molecule has 1 aromatic heterocycles. The Morgan fingerprint density at radius 2 is 1.93 bits per heavy atom. The van der Waals surface area contributed by atoms with Gasteiger partial charge in [0.25, 0.3) is 5.91 Å². The van der Waals surface area contributed by atoms with Gasteiger partial charge in [-0.2, -0.15) is 5.10 Å². The number of carboxylic acid groups (broad SMARTS) is 1. The summed E-state index contributed by atoms with van der Waals surface area (Å²) in [6, 6.07) is 2.58. The van der Waals surface area contributed by atoms with E-state index in [1.807, 2.05) is 0 Å². The highest BCUT2D eigenvalue weighted by molar-refractivity contribution is 5.98. The molecule has 1 saturated heterocycles. The van der Waals surface area contributed by atoms with E-state index in [4.69, 9.17) is 14.6 Å². The van der Waals surface area contributed by atoms with E-state index in [9.17, 15) is 14.0 Å². The van der Waals surface area contributed by atoms with E-state index >= 15 is 0 Å². The number of aromatic carboxylic acids is 1. The zero-order valence-electron chi connectivity index (χ0n) is 15.0. The molecule has 0 radical (unpaired) electrons. The third-order valence-corrected chi connectivity index (χ3v) is 4.68. The Hall–Kier alpha value is -3.10. The van der Waals surface area contributed by atoms with E-state index < -0.39 is 17.7 Å². The van der Waals surface area contributed by atoms with Gasteiger partial charge in [-0.1, -0.05) is 0 Å². The molecule has 1 aliphatic heterocycles. The number of benzene rings is 1. The predicted molar refractivity (Wildman–Crippen MR) is 92.9 cm³/mol. The molecule has 1 N–H and O–H groups in total. The fourth-order valence-electron chi connectivity index (χ4n) is 3.24. The number of halogens is 1. The van der Waals surface area contributed by atoms with Crippen molar-refractivity contribution in [2.75, 3.05) is 27.3 Å². The topological polar surface area (TPSA) is 93.9 Å². The number of rotatable bonds is 5. The largest absolute Gasteiger partial charge is 0.493 e. The van der Waals surface area contributed by atoms with E-state index in [-0.39, 0.29) is 28.7 Å². The predicted octanol–water partition coefficient (Wildman–Crippen LogP) is 2.21. The first kappa shape index (κ1) is 18.7. The summed E-state index contributed by atoms with van der Waals surface area (Å²) in [6.45, 7) is 0.789. The number of nitrogens with zero attached hydrogens (tertiary/aromatic N) is 3. The molecule has 0 atom stereocenters. The maximum atomic E-state index is 14.3. The first-order valence-corrected chi connectivity index (χ1v) is 8.43. The molecule has 144 valence electrons. The lowest BCUT2D eigenvalue weighted by Crippen LogP contribution is -2.39. The van der Waals surface area contributed by atoms with Crippen molar-refractivity contribution in [2.24, 2.45) is 0 Å². The first-order valence-electron chi connectivity index (χ1n) is 8.43. The van der Waals surface area contributed by atoms with Crippen molar-refractivity contribution in [3.05, 3.63) is 41.5 Å². The smallest absolute Gasteiger partial charge is 0.338 e. The minimum Gasteiger partial charge on any atom is -0.493 e. The van der Waals surface area contributed by atoms with Crippen molar-refractivity contribution in [3.8, 4) is 11.5 Å². The van der Waals surface area contributed by atoms with Crippen molar-refractivity contribution in [1.82, 2.24) is 14.7 Å². The van der Waals surface area contributed by atoms with Crippen LogP contribution in [0.15, 0.2) is 24.5 Å². The number of carbonyl (C=O) groups excluding carboxylic acids is 1. The summed E-state index contributed by atoms with van der Waals surface area (Å²) in [5.41, 5.74) is -0.0285. The minimum atomic E-state index is -1.03. The van der Waals surface area contributed by atoms with Crippen LogP contribution >= 0.6 is 0 Å². The van der Waals surface area contributed by atoms with Gasteiger partial charge in [0.15, 0.2) is 11.5 Å². The second kappa shape index (κ2) is 7.65. The van der Waals surface area contributed by atoms with Gasteiger partial charge in [-0.3, -0.25) is 9.48 Å². The lowest BCUT2D eigenvalue weighted by molar-refractivity contribution is 0.0680. The molecule has 1 amide bonds. The Morgan fingerprint density at radius 3 is 2.48 bits per heavy atom. The molecule has 1 aromatic carbocycles. The number of likely N-dealkylation sites (tertiary alicyclic amines) is 1. The van der Waals surface area contributed by atoms with Crippen LogP contribution in [-0.4, -0.2) is 59.0 Å². The molecule has 1 fully saturated rings. The Kier molecular flexibility index (Phi) is 5.29. The quantitative estimate of drug-likeness (QED) is 0.859. The van der Waals surface area contributed by atoms with Crippen LogP contribution in [0.3, 0.4) is 0 Å². The van der Waals surface area contributed by atoms with Gasteiger partial charge in [-0.15, -0.1) is 0 Å². The summed E-state index contributed by atoms with van der Waals surface area (Å²) in [6.07, 6.45) is 3.95. The first-order chi connectivity index (χ1) is 13.0. The number of ether oxygens (including phenoxy) is 2. The van der Waals surface area contributed by atoms with E-state index in [2.05, 4.69) is 5.10 Å². The summed E-state index contributed by atoms with van der Waals surface area (Å²) in [4.78, 5) is 25.4. The molecular weight excluding hydrogens is 357 g/mol. The molecule has 3 rings (SSSR count). The minimum absolute atomic E-state index is 0.0146. The average molecular weight is 377 g/mol. The normalized spacial score (nSPS) is 14.9. The number of carboxylic acids is 1. The van der Waals surface area contributed by atoms with Gasteiger partial charge in [-0.25, -0.2) is 9.18 Å². The van der Waals surface area contributed by atoms with Crippen molar-refractivity contribution in [1.29, 1.82) is 0 Å². The van der Waals surface area contributed by atoms with E-state index in [1.54, 1.807) is 9.58 Å². The number of aromatic nitrogens is 2. The average Bonchev–Trinajstić information content (AvgIpc) is 3.18. The third kappa shape index (κ3) is 3.57. The molecule has 0 unspecified atom stereocenters. The van der Waals surface area contributed by atoms with Gasteiger partial charge in [-0.05, 0) is 25.0 Å². The van der Waals surface area contributed by atoms with Crippen LogP contribution in [0.25, 0.3) is 0 Å². The number of carbonyl (C=O) groups is 2. The Balaban J connectivity index is 1.74. The van der Waals surface area contributed by atoms with Crippen LogP contribution < -0.4 is 9.47 Å². The zero-order chi connectivity index (χ0) is 19.6. The summed E-state index contributed by atoms with van der Waals surface area (Å²) < 4.78 is 26.3. The van der Waals surface area contributed by atoms with E-state index in [1.165, 1.54) is 38.7 Å². The molecule has 27 heavy (non-hydrogen) atoms. The second-order valence-corrected chi connectivity index (χ2v) is 6.20.